The first-order chi connectivity index (χ1) is 12.1. The van der Waals surface area contributed by atoms with Crippen molar-refractivity contribution in [2.75, 3.05) is 24.5 Å². The highest BCUT2D eigenvalue weighted by Gasteiger charge is 2.27. The van der Waals surface area contributed by atoms with Crippen molar-refractivity contribution < 1.29 is 14.4 Å². The number of carbonyl (C=O) groups excluding carboxylic acids is 3. The van der Waals surface area contributed by atoms with Gasteiger partial charge in [0.1, 0.15) is 6.54 Å². The summed E-state index contributed by atoms with van der Waals surface area (Å²) in [6, 6.07) is 13.3. The number of nitrogens with zero attached hydrogens (tertiary/aromatic N) is 2. The zero-order chi connectivity index (χ0) is 17.8. The van der Waals surface area contributed by atoms with Gasteiger partial charge in [-0.2, -0.15) is 0 Å². The minimum atomic E-state index is -0.501. The van der Waals surface area contributed by atoms with Gasteiger partial charge in [-0.15, -0.1) is 0 Å². The fourth-order valence-electron chi connectivity index (χ4n) is 3.05. The lowest BCUT2D eigenvalue weighted by Gasteiger charge is -2.30. The van der Waals surface area contributed by atoms with E-state index in [1.54, 1.807) is 4.90 Å². The van der Waals surface area contributed by atoms with Gasteiger partial charge < -0.3 is 9.80 Å². The first-order valence-corrected chi connectivity index (χ1v) is 8.47. The van der Waals surface area contributed by atoms with E-state index in [1.807, 2.05) is 49.4 Å². The third-order valence-electron chi connectivity index (χ3n) is 4.27. The van der Waals surface area contributed by atoms with Crippen LogP contribution in [0, 0.1) is 0 Å². The van der Waals surface area contributed by atoms with Gasteiger partial charge in [-0.1, -0.05) is 43.3 Å². The van der Waals surface area contributed by atoms with Crippen molar-refractivity contribution in [1.82, 2.24) is 10.2 Å². The SMILES string of the molecule is CCCN(C(=O)CN1CCC(=O)NC1=O)c1cccc2ccccc12. The van der Waals surface area contributed by atoms with Crippen LogP contribution >= 0.6 is 0 Å². The van der Waals surface area contributed by atoms with Crippen LogP contribution in [0.3, 0.4) is 0 Å². The van der Waals surface area contributed by atoms with Crippen molar-refractivity contribution in [2.24, 2.45) is 0 Å². The van der Waals surface area contributed by atoms with Crippen molar-refractivity contribution in [3.63, 3.8) is 0 Å². The number of carbonyl (C=O) groups is 3. The molecule has 25 heavy (non-hydrogen) atoms. The molecule has 1 saturated heterocycles. The van der Waals surface area contributed by atoms with Crippen molar-refractivity contribution >= 4 is 34.3 Å². The molecule has 0 radical (unpaired) electrons. The lowest BCUT2D eigenvalue weighted by molar-refractivity contribution is -0.124. The average Bonchev–Trinajstić information content (AvgIpc) is 2.61. The zero-order valence-electron chi connectivity index (χ0n) is 14.2. The third kappa shape index (κ3) is 3.63. The molecule has 1 N–H and O–H groups in total. The van der Waals surface area contributed by atoms with Gasteiger partial charge in [-0.3, -0.25) is 14.9 Å². The number of hydrogen-bond acceptors (Lipinski definition) is 3. The minimum absolute atomic E-state index is 0.0394. The number of imide groups is 1. The average molecular weight is 339 g/mol. The summed E-state index contributed by atoms with van der Waals surface area (Å²) in [5.41, 5.74) is 0.846. The normalized spacial score (nSPS) is 14.5. The number of benzene rings is 2. The van der Waals surface area contributed by atoms with Crippen LogP contribution in [0.5, 0.6) is 0 Å². The van der Waals surface area contributed by atoms with Gasteiger partial charge >= 0.3 is 6.03 Å². The largest absolute Gasteiger partial charge is 0.324 e. The Kier molecular flexibility index (Phi) is 4.97. The van der Waals surface area contributed by atoms with E-state index in [9.17, 15) is 14.4 Å². The van der Waals surface area contributed by atoms with E-state index in [-0.39, 0.29) is 31.3 Å². The molecule has 1 heterocycles. The fourth-order valence-corrected chi connectivity index (χ4v) is 3.05. The van der Waals surface area contributed by atoms with Crippen LogP contribution in [-0.4, -0.2) is 42.4 Å². The highest BCUT2D eigenvalue weighted by atomic mass is 16.2. The van der Waals surface area contributed by atoms with E-state index in [0.717, 1.165) is 22.9 Å². The molecule has 0 aromatic heterocycles. The van der Waals surface area contributed by atoms with Crippen LogP contribution < -0.4 is 10.2 Å². The maximum absolute atomic E-state index is 12.9. The molecule has 0 unspecified atom stereocenters. The molecule has 6 heteroatoms. The summed E-state index contributed by atoms with van der Waals surface area (Å²) >= 11 is 0. The molecule has 0 atom stereocenters. The monoisotopic (exact) mass is 339 g/mol. The molecular weight excluding hydrogens is 318 g/mol. The Morgan fingerprint density at radius 3 is 2.68 bits per heavy atom. The predicted molar refractivity (Wildman–Crippen MR) is 96.3 cm³/mol. The molecule has 6 nitrogen and oxygen atoms in total. The first kappa shape index (κ1) is 17.0. The Morgan fingerprint density at radius 1 is 1.16 bits per heavy atom. The summed E-state index contributed by atoms with van der Waals surface area (Å²) in [4.78, 5) is 39.2. The van der Waals surface area contributed by atoms with Crippen molar-refractivity contribution in [3.05, 3.63) is 42.5 Å². The summed E-state index contributed by atoms with van der Waals surface area (Å²) in [6.07, 6.45) is 1.03. The van der Waals surface area contributed by atoms with Crippen molar-refractivity contribution in [3.8, 4) is 0 Å². The second-order valence-corrected chi connectivity index (χ2v) is 6.07. The minimum Gasteiger partial charge on any atom is -0.315 e. The molecule has 1 aliphatic heterocycles. The summed E-state index contributed by atoms with van der Waals surface area (Å²) in [6.45, 7) is 2.81. The topological polar surface area (TPSA) is 69.7 Å². The van der Waals surface area contributed by atoms with Crippen LogP contribution in [0.25, 0.3) is 10.8 Å². The Morgan fingerprint density at radius 2 is 1.92 bits per heavy atom. The number of amides is 4. The molecule has 0 spiro atoms. The van der Waals surface area contributed by atoms with E-state index < -0.39 is 6.03 Å². The summed E-state index contributed by atoms with van der Waals surface area (Å²) in [5, 5.41) is 4.32. The van der Waals surface area contributed by atoms with E-state index in [1.165, 1.54) is 4.90 Å². The third-order valence-corrected chi connectivity index (χ3v) is 4.27. The van der Waals surface area contributed by atoms with E-state index in [0.29, 0.717) is 6.54 Å². The van der Waals surface area contributed by atoms with Crippen LogP contribution in [0.15, 0.2) is 42.5 Å². The standard InChI is InChI=1S/C19H21N3O3/c1-2-11-22(16-9-5-7-14-6-3-4-8-15(14)16)18(24)13-21-12-10-17(23)20-19(21)25/h3-9H,2,10-13H2,1H3,(H,20,23,25). The molecule has 2 aromatic carbocycles. The Bertz CT molecular complexity index is 813. The summed E-state index contributed by atoms with van der Waals surface area (Å²) in [7, 11) is 0. The molecule has 3 rings (SSSR count). The Labute approximate surface area is 146 Å². The number of fused-ring (bicyclic) bond motifs is 1. The quantitative estimate of drug-likeness (QED) is 0.910. The molecule has 2 aromatic rings. The first-order valence-electron chi connectivity index (χ1n) is 8.47. The highest BCUT2D eigenvalue weighted by molar-refractivity contribution is 6.05. The predicted octanol–water partition coefficient (Wildman–Crippen LogP) is 2.52. The lowest BCUT2D eigenvalue weighted by atomic mass is 10.1. The Hall–Kier alpha value is -2.89. The van der Waals surface area contributed by atoms with Gasteiger partial charge in [0.05, 0.1) is 5.69 Å². The van der Waals surface area contributed by atoms with Crippen LogP contribution in [0.4, 0.5) is 10.5 Å². The number of urea groups is 1. The maximum atomic E-state index is 12.9. The van der Waals surface area contributed by atoms with Gasteiger partial charge in [0, 0.05) is 24.9 Å². The van der Waals surface area contributed by atoms with Crippen LogP contribution in [-0.2, 0) is 9.59 Å². The van der Waals surface area contributed by atoms with E-state index >= 15 is 0 Å². The van der Waals surface area contributed by atoms with E-state index in [4.69, 9.17) is 0 Å². The Balaban J connectivity index is 1.86. The molecule has 1 fully saturated rings. The smallest absolute Gasteiger partial charge is 0.315 e. The van der Waals surface area contributed by atoms with Gasteiger partial charge in [0.15, 0.2) is 0 Å². The van der Waals surface area contributed by atoms with Crippen molar-refractivity contribution in [1.29, 1.82) is 0 Å². The maximum Gasteiger partial charge on any atom is 0.324 e. The summed E-state index contributed by atoms with van der Waals surface area (Å²) < 4.78 is 0. The summed E-state index contributed by atoms with van der Waals surface area (Å²) in [5.74, 6) is -0.448. The number of rotatable bonds is 5. The zero-order valence-corrected chi connectivity index (χ0v) is 14.2. The number of nitrogens with one attached hydrogen (secondary N) is 1. The number of anilines is 1. The second-order valence-electron chi connectivity index (χ2n) is 6.07. The second kappa shape index (κ2) is 7.34. The molecule has 0 bridgehead atoms. The van der Waals surface area contributed by atoms with Crippen molar-refractivity contribution in [2.45, 2.75) is 19.8 Å². The van der Waals surface area contributed by atoms with Gasteiger partial charge in [-0.25, -0.2) is 4.79 Å². The van der Waals surface area contributed by atoms with Crippen LogP contribution in [0.1, 0.15) is 19.8 Å². The fraction of sp³-hybridized carbons (Fsp3) is 0.316. The molecule has 0 aliphatic carbocycles. The lowest BCUT2D eigenvalue weighted by Crippen LogP contribution is -2.53. The molecular formula is C19H21N3O3. The number of hydrogen-bond donors (Lipinski definition) is 1. The molecule has 1 aliphatic rings. The van der Waals surface area contributed by atoms with Gasteiger partial charge in [0.25, 0.3) is 0 Å². The molecule has 4 amide bonds. The van der Waals surface area contributed by atoms with Crippen LogP contribution in [0.2, 0.25) is 0 Å². The molecule has 0 saturated carbocycles. The van der Waals surface area contributed by atoms with Gasteiger partial charge in [0.2, 0.25) is 11.8 Å². The van der Waals surface area contributed by atoms with E-state index in [2.05, 4.69) is 5.32 Å². The molecule has 130 valence electrons. The van der Waals surface area contributed by atoms with Gasteiger partial charge in [-0.05, 0) is 17.9 Å². The highest BCUT2D eigenvalue weighted by Crippen LogP contribution is 2.27.